The van der Waals surface area contributed by atoms with Gasteiger partial charge in [-0.3, -0.25) is 9.59 Å². The number of rotatable bonds is 8. The predicted octanol–water partition coefficient (Wildman–Crippen LogP) is 2.60. The van der Waals surface area contributed by atoms with E-state index < -0.39 is 0 Å². The maximum atomic E-state index is 12.4. The minimum Gasteiger partial charge on any atom is -0.492 e. The van der Waals surface area contributed by atoms with Gasteiger partial charge in [-0.15, -0.1) is 0 Å². The van der Waals surface area contributed by atoms with Crippen LogP contribution in [-0.2, 0) is 13.0 Å². The van der Waals surface area contributed by atoms with Gasteiger partial charge in [0.2, 0.25) is 0 Å². The molecule has 0 fully saturated rings. The van der Waals surface area contributed by atoms with E-state index in [1.54, 1.807) is 0 Å². The zero-order chi connectivity index (χ0) is 19.8. The van der Waals surface area contributed by atoms with Crippen LogP contribution in [0.3, 0.4) is 0 Å². The van der Waals surface area contributed by atoms with E-state index in [1.807, 2.05) is 61.5 Å². The van der Waals surface area contributed by atoms with Crippen LogP contribution < -0.4 is 15.6 Å². The first-order chi connectivity index (χ1) is 13.6. The minimum atomic E-state index is -0.300. The summed E-state index contributed by atoms with van der Waals surface area (Å²) in [5, 5.41) is 7.01. The number of aryl methyl sites for hydroxylation is 1. The summed E-state index contributed by atoms with van der Waals surface area (Å²) < 4.78 is 6.84. The van der Waals surface area contributed by atoms with Crippen LogP contribution in [0.1, 0.15) is 21.6 Å². The molecule has 6 nitrogen and oxygen atoms in total. The Morgan fingerprint density at radius 1 is 1.04 bits per heavy atom. The van der Waals surface area contributed by atoms with E-state index in [0.717, 1.165) is 12.2 Å². The normalized spacial score (nSPS) is 10.5. The molecule has 0 aliphatic heterocycles. The highest BCUT2D eigenvalue weighted by Crippen LogP contribution is 2.08. The lowest BCUT2D eigenvalue weighted by Gasteiger charge is -2.10. The maximum Gasteiger partial charge on any atom is 0.271 e. The first kappa shape index (κ1) is 19.4. The van der Waals surface area contributed by atoms with Crippen LogP contribution in [0.25, 0.3) is 0 Å². The molecule has 1 amide bonds. The van der Waals surface area contributed by atoms with Crippen LogP contribution in [-0.4, -0.2) is 28.8 Å². The lowest BCUT2D eigenvalue weighted by atomic mass is 10.1. The quantitative estimate of drug-likeness (QED) is 0.655. The monoisotopic (exact) mass is 377 g/mol. The molecule has 0 saturated heterocycles. The van der Waals surface area contributed by atoms with Crippen LogP contribution in [0.5, 0.6) is 5.75 Å². The smallest absolute Gasteiger partial charge is 0.271 e. The van der Waals surface area contributed by atoms with Crippen molar-refractivity contribution in [3.8, 4) is 5.75 Å². The Bertz CT molecular complexity index is 984. The highest BCUT2D eigenvalue weighted by molar-refractivity contribution is 5.91. The number of hydrogen-bond acceptors (Lipinski definition) is 4. The molecule has 0 unspecified atom stereocenters. The Hall–Kier alpha value is -3.41. The zero-order valence-electron chi connectivity index (χ0n) is 15.8. The molecule has 0 atom stereocenters. The highest BCUT2D eigenvalue weighted by atomic mass is 16.5. The fourth-order valence-corrected chi connectivity index (χ4v) is 2.79. The molecule has 0 aliphatic carbocycles. The van der Waals surface area contributed by atoms with Crippen molar-refractivity contribution >= 4 is 5.91 Å². The van der Waals surface area contributed by atoms with Gasteiger partial charge in [-0.25, -0.2) is 4.68 Å². The SMILES string of the molecule is Cc1ccccc1CCNC(=O)c1ccc(=O)n(CCOc2ccccc2)n1. The summed E-state index contributed by atoms with van der Waals surface area (Å²) in [6.45, 7) is 3.10. The summed E-state index contributed by atoms with van der Waals surface area (Å²) in [5.74, 6) is 0.423. The molecule has 28 heavy (non-hydrogen) atoms. The standard InChI is InChI=1S/C22H23N3O3/c1-17-7-5-6-8-18(17)13-14-23-22(27)20-11-12-21(26)25(24-20)15-16-28-19-9-3-2-4-10-19/h2-12H,13-16H2,1H3,(H,23,27). The lowest BCUT2D eigenvalue weighted by Crippen LogP contribution is -2.31. The van der Waals surface area contributed by atoms with Gasteiger partial charge in [-0.1, -0.05) is 42.5 Å². The van der Waals surface area contributed by atoms with Crippen LogP contribution in [0.15, 0.2) is 71.5 Å². The van der Waals surface area contributed by atoms with Gasteiger partial charge in [0, 0.05) is 12.6 Å². The number of carbonyl (C=O) groups is 1. The lowest BCUT2D eigenvalue weighted by molar-refractivity contribution is 0.0946. The summed E-state index contributed by atoms with van der Waals surface area (Å²) in [4.78, 5) is 24.3. The van der Waals surface area contributed by atoms with Crippen molar-refractivity contribution in [3.05, 3.63) is 93.9 Å². The fourth-order valence-electron chi connectivity index (χ4n) is 2.79. The van der Waals surface area contributed by atoms with Crippen LogP contribution >= 0.6 is 0 Å². The van der Waals surface area contributed by atoms with Crippen molar-refractivity contribution in [1.82, 2.24) is 15.1 Å². The fraction of sp³-hybridized carbons (Fsp3) is 0.227. The van der Waals surface area contributed by atoms with Crippen molar-refractivity contribution < 1.29 is 9.53 Å². The number of para-hydroxylation sites is 1. The molecule has 6 heteroatoms. The summed E-state index contributed by atoms with van der Waals surface area (Å²) in [6.07, 6.45) is 0.739. The molecular formula is C22H23N3O3. The number of aromatic nitrogens is 2. The van der Waals surface area contributed by atoms with Crippen molar-refractivity contribution in [2.24, 2.45) is 0 Å². The Labute approximate surface area is 163 Å². The van der Waals surface area contributed by atoms with E-state index in [-0.39, 0.29) is 30.3 Å². The first-order valence-corrected chi connectivity index (χ1v) is 9.22. The minimum absolute atomic E-state index is 0.212. The third kappa shape index (κ3) is 5.30. The molecule has 3 aromatic rings. The van der Waals surface area contributed by atoms with E-state index in [2.05, 4.69) is 10.4 Å². The largest absolute Gasteiger partial charge is 0.492 e. The van der Waals surface area contributed by atoms with Gasteiger partial charge in [0.25, 0.3) is 11.5 Å². The van der Waals surface area contributed by atoms with Gasteiger partial charge >= 0.3 is 0 Å². The Morgan fingerprint density at radius 2 is 1.79 bits per heavy atom. The number of carbonyl (C=O) groups excluding carboxylic acids is 1. The van der Waals surface area contributed by atoms with Gasteiger partial charge in [-0.2, -0.15) is 5.10 Å². The van der Waals surface area contributed by atoms with Gasteiger partial charge in [0.1, 0.15) is 18.1 Å². The van der Waals surface area contributed by atoms with Gasteiger partial charge in [0.15, 0.2) is 0 Å². The summed E-state index contributed by atoms with van der Waals surface area (Å²) in [5.41, 5.74) is 2.33. The molecule has 0 spiro atoms. The average Bonchev–Trinajstić information content (AvgIpc) is 2.71. The van der Waals surface area contributed by atoms with Crippen LogP contribution in [0, 0.1) is 6.92 Å². The van der Waals surface area contributed by atoms with Crippen molar-refractivity contribution in [2.75, 3.05) is 13.2 Å². The molecule has 0 aliphatic rings. The second kappa shape index (κ2) is 9.50. The van der Waals surface area contributed by atoms with Gasteiger partial charge < -0.3 is 10.1 Å². The molecule has 1 heterocycles. The topological polar surface area (TPSA) is 73.2 Å². The van der Waals surface area contributed by atoms with Crippen LogP contribution in [0.4, 0.5) is 0 Å². The Balaban J connectivity index is 1.55. The summed E-state index contributed by atoms with van der Waals surface area (Å²) in [6, 6.07) is 20.2. The van der Waals surface area contributed by atoms with Crippen LogP contribution in [0.2, 0.25) is 0 Å². The molecular weight excluding hydrogens is 354 g/mol. The third-order valence-electron chi connectivity index (χ3n) is 4.36. The first-order valence-electron chi connectivity index (χ1n) is 9.22. The number of nitrogens with one attached hydrogen (secondary N) is 1. The molecule has 3 rings (SSSR count). The second-order valence-corrected chi connectivity index (χ2v) is 6.37. The van der Waals surface area contributed by atoms with Crippen molar-refractivity contribution in [3.63, 3.8) is 0 Å². The summed E-state index contributed by atoms with van der Waals surface area (Å²) in [7, 11) is 0. The number of benzene rings is 2. The number of hydrogen-bond donors (Lipinski definition) is 1. The molecule has 2 aromatic carbocycles. The van der Waals surface area contributed by atoms with Crippen molar-refractivity contribution in [1.29, 1.82) is 0 Å². The molecule has 0 bridgehead atoms. The molecule has 144 valence electrons. The van der Waals surface area contributed by atoms with Gasteiger partial charge in [0.05, 0.1) is 6.54 Å². The second-order valence-electron chi connectivity index (χ2n) is 6.37. The van der Waals surface area contributed by atoms with Gasteiger partial charge in [-0.05, 0) is 42.7 Å². The average molecular weight is 377 g/mol. The predicted molar refractivity (Wildman–Crippen MR) is 108 cm³/mol. The van der Waals surface area contributed by atoms with E-state index in [4.69, 9.17) is 4.74 Å². The molecule has 0 radical (unpaired) electrons. The summed E-state index contributed by atoms with van der Waals surface area (Å²) >= 11 is 0. The van der Waals surface area contributed by atoms with E-state index in [0.29, 0.717) is 6.54 Å². The molecule has 0 saturated carbocycles. The van der Waals surface area contributed by atoms with E-state index in [9.17, 15) is 9.59 Å². The number of nitrogens with zero attached hydrogens (tertiary/aromatic N) is 2. The zero-order valence-corrected chi connectivity index (χ0v) is 15.8. The van der Waals surface area contributed by atoms with Crippen molar-refractivity contribution in [2.45, 2.75) is 19.9 Å². The third-order valence-corrected chi connectivity index (χ3v) is 4.36. The Morgan fingerprint density at radius 3 is 2.57 bits per heavy atom. The van der Waals surface area contributed by atoms with E-state index in [1.165, 1.54) is 27.9 Å². The number of ether oxygens (including phenoxy) is 1. The number of amides is 1. The molecule has 1 aromatic heterocycles. The maximum absolute atomic E-state index is 12.4. The Kier molecular flexibility index (Phi) is 6.57. The highest BCUT2D eigenvalue weighted by Gasteiger charge is 2.09. The van der Waals surface area contributed by atoms with E-state index >= 15 is 0 Å². The molecule has 1 N–H and O–H groups in total.